The average Bonchev–Trinajstić information content (AvgIpc) is 3.54. The summed E-state index contributed by atoms with van der Waals surface area (Å²) in [6.07, 6.45) is 7.61. The lowest BCUT2D eigenvalue weighted by Gasteiger charge is -2.35. The molecule has 1 aliphatic carbocycles. The summed E-state index contributed by atoms with van der Waals surface area (Å²) in [7, 11) is 0. The number of carboxylic acids is 1. The van der Waals surface area contributed by atoms with E-state index in [0.29, 0.717) is 12.4 Å². The van der Waals surface area contributed by atoms with Gasteiger partial charge in [-0.05, 0) is 60.2 Å². The van der Waals surface area contributed by atoms with E-state index in [-0.39, 0.29) is 5.92 Å². The molecule has 0 spiro atoms. The van der Waals surface area contributed by atoms with Crippen LogP contribution in [-0.2, 0) is 16.8 Å². The number of aromatic amines is 1. The number of benzene rings is 2. The van der Waals surface area contributed by atoms with Crippen LogP contribution in [0.1, 0.15) is 42.5 Å². The Bertz CT molecular complexity index is 1210. The van der Waals surface area contributed by atoms with E-state index < -0.39 is 11.4 Å². The van der Waals surface area contributed by atoms with Gasteiger partial charge in [-0.1, -0.05) is 49.2 Å². The number of para-hydroxylation sites is 1. The summed E-state index contributed by atoms with van der Waals surface area (Å²) < 4.78 is 5.97. The molecule has 4 aromatic rings. The zero-order valence-electron chi connectivity index (χ0n) is 17.8. The molecule has 5 nitrogen and oxygen atoms in total. The SMILES string of the molecule is O=C(O)C(c1ccc(OCc2ccc3ccccc3n2)cc1)(c1cc[nH]c1)C1CCCC1. The Hall–Kier alpha value is -3.60. The van der Waals surface area contributed by atoms with Crippen LogP contribution in [0.5, 0.6) is 5.75 Å². The Morgan fingerprint density at radius 1 is 1.00 bits per heavy atom. The summed E-state index contributed by atoms with van der Waals surface area (Å²) in [6, 6.07) is 21.5. The largest absolute Gasteiger partial charge is 0.487 e. The highest BCUT2D eigenvalue weighted by Crippen LogP contribution is 2.47. The maximum Gasteiger partial charge on any atom is 0.318 e. The molecule has 5 heteroatoms. The van der Waals surface area contributed by atoms with Crippen LogP contribution in [-0.4, -0.2) is 21.0 Å². The Morgan fingerprint density at radius 3 is 2.50 bits per heavy atom. The monoisotopic (exact) mass is 426 g/mol. The van der Waals surface area contributed by atoms with Crippen molar-refractivity contribution in [3.8, 4) is 5.75 Å². The van der Waals surface area contributed by atoms with Crippen molar-refractivity contribution in [2.75, 3.05) is 0 Å². The molecule has 2 aromatic carbocycles. The number of H-pyrrole nitrogens is 1. The molecule has 0 bridgehead atoms. The maximum absolute atomic E-state index is 12.8. The molecule has 1 aliphatic rings. The smallest absolute Gasteiger partial charge is 0.318 e. The number of fused-ring (bicyclic) bond motifs is 1. The zero-order valence-corrected chi connectivity index (χ0v) is 17.8. The zero-order chi connectivity index (χ0) is 22.0. The fourth-order valence-electron chi connectivity index (χ4n) is 5.15. The van der Waals surface area contributed by atoms with Gasteiger partial charge in [-0.3, -0.25) is 4.79 Å². The molecule has 2 N–H and O–H groups in total. The van der Waals surface area contributed by atoms with Gasteiger partial charge >= 0.3 is 5.97 Å². The van der Waals surface area contributed by atoms with E-state index in [0.717, 1.165) is 53.4 Å². The number of hydrogen-bond donors (Lipinski definition) is 2. The summed E-state index contributed by atoms with van der Waals surface area (Å²) in [5.41, 5.74) is 2.36. The van der Waals surface area contributed by atoms with Crippen LogP contribution in [0, 0.1) is 5.92 Å². The third-order valence-corrected chi connectivity index (χ3v) is 6.71. The number of aliphatic carboxylic acids is 1. The molecule has 162 valence electrons. The summed E-state index contributed by atoms with van der Waals surface area (Å²) >= 11 is 0. The number of pyridine rings is 1. The number of hydrogen-bond acceptors (Lipinski definition) is 3. The molecule has 0 aliphatic heterocycles. The van der Waals surface area contributed by atoms with Crippen molar-refractivity contribution in [3.05, 3.63) is 95.9 Å². The quantitative estimate of drug-likeness (QED) is 0.397. The van der Waals surface area contributed by atoms with Gasteiger partial charge in [0.05, 0.1) is 11.2 Å². The van der Waals surface area contributed by atoms with Gasteiger partial charge in [-0.2, -0.15) is 0 Å². The minimum Gasteiger partial charge on any atom is -0.487 e. The molecule has 0 amide bonds. The van der Waals surface area contributed by atoms with Crippen LogP contribution in [0.2, 0.25) is 0 Å². The van der Waals surface area contributed by atoms with Gasteiger partial charge in [0.1, 0.15) is 17.8 Å². The molecule has 0 saturated heterocycles. The molecule has 32 heavy (non-hydrogen) atoms. The number of nitrogens with one attached hydrogen (secondary N) is 1. The van der Waals surface area contributed by atoms with Gasteiger partial charge in [0.2, 0.25) is 0 Å². The number of rotatable bonds is 7. The normalized spacial score (nSPS) is 16.1. The fourth-order valence-corrected chi connectivity index (χ4v) is 5.15. The predicted octanol–water partition coefficient (Wildman–Crippen LogP) is 5.70. The highest BCUT2D eigenvalue weighted by Gasteiger charge is 2.49. The first kappa shape index (κ1) is 20.3. The third-order valence-electron chi connectivity index (χ3n) is 6.71. The second-order valence-electron chi connectivity index (χ2n) is 8.50. The molecule has 5 rings (SSSR count). The second kappa shape index (κ2) is 8.50. The molecule has 2 aromatic heterocycles. The summed E-state index contributed by atoms with van der Waals surface area (Å²) in [5.74, 6) is -0.0223. The Labute approximate surface area is 187 Å². The molecule has 1 atom stereocenters. The van der Waals surface area contributed by atoms with Gasteiger partial charge in [0, 0.05) is 17.8 Å². The first-order valence-electron chi connectivity index (χ1n) is 11.1. The van der Waals surface area contributed by atoms with Crippen molar-refractivity contribution in [2.24, 2.45) is 5.92 Å². The Balaban J connectivity index is 1.41. The lowest BCUT2D eigenvalue weighted by molar-refractivity contribution is -0.144. The molecule has 1 unspecified atom stereocenters. The van der Waals surface area contributed by atoms with Crippen molar-refractivity contribution >= 4 is 16.9 Å². The van der Waals surface area contributed by atoms with Gasteiger partial charge < -0.3 is 14.8 Å². The van der Waals surface area contributed by atoms with Gasteiger partial charge in [-0.25, -0.2) is 4.98 Å². The molecular weight excluding hydrogens is 400 g/mol. The Kier molecular flexibility index (Phi) is 5.39. The van der Waals surface area contributed by atoms with Crippen molar-refractivity contribution < 1.29 is 14.6 Å². The number of nitrogens with zero attached hydrogens (tertiary/aromatic N) is 1. The van der Waals surface area contributed by atoms with Crippen LogP contribution in [0.15, 0.2) is 79.1 Å². The summed E-state index contributed by atoms with van der Waals surface area (Å²) in [4.78, 5) is 20.5. The molecule has 1 saturated carbocycles. The lowest BCUT2D eigenvalue weighted by atomic mass is 9.65. The van der Waals surface area contributed by atoms with Crippen LogP contribution in [0.3, 0.4) is 0 Å². The van der Waals surface area contributed by atoms with E-state index in [4.69, 9.17) is 4.74 Å². The van der Waals surface area contributed by atoms with Crippen molar-refractivity contribution in [2.45, 2.75) is 37.7 Å². The first-order valence-corrected chi connectivity index (χ1v) is 11.1. The van der Waals surface area contributed by atoms with Crippen LogP contribution in [0.4, 0.5) is 0 Å². The van der Waals surface area contributed by atoms with E-state index in [1.807, 2.05) is 72.9 Å². The van der Waals surface area contributed by atoms with Crippen LogP contribution >= 0.6 is 0 Å². The van der Waals surface area contributed by atoms with Crippen LogP contribution in [0.25, 0.3) is 10.9 Å². The lowest BCUT2D eigenvalue weighted by Crippen LogP contribution is -2.43. The number of carboxylic acid groups (broad SMARTS) is 1. The number of carbonyl (C=O) groups is 1. The van der Waals surface area contributed by atoms with Crippen molar-refractivity contribution in [1.82, 2.24) is 9.97 Å². The molecule has 1 fully saturated rings. The molecular formula is C27H26N2O3. The van der Waals surface area contributed by atoms with Crippen molar-refractivity contribution in [3.63, 3.8) is 0 Å². The Morgan fingerprint density at radius 2 is 1.78 bits per heavy atom. The van der Waals surface area contributed by atoms with Crippen molar-refractivity contribution in [1.29, 1.82) is 0 Å². The minimum absolute atomic E-state index is 0.0735. The minimum atomic E-state index is -1.05. The summed E-state index contributed by atoms with van der Waals surface area (Å²) in [6.45, 7) is 0.356. The highest BCUT2D eigenvalue weighted by atomic mass is 16.5. The predicted molar refractivity (Wildman–Crippen MR) is 124 cm³/mol. The molecule has 0 radical (unpaired) electrons. The van der Waals surface area contributed by atoms with E-state index in [2.05, 4.69) is 9.97 Å². The summed E-state index contributed by atoms with van der Waals surface area (Å²) in [5, 5.41) is 11.6. The number of aromatic nitrogens is 2. The second-order valence-corrected chi connectivity index (χ2v) is 8.50. The standard InChI is InChI=1S/C27H26N2O3/c30-26(31)27(20-6-2-3-7-20,22-15-16-28-17-22)21-10-13-24(14-11-21)32-18-23-12-9-19-5-1-4-8-25(19)29-23/h1,4-5,8-17,20,28H,2-3,6-7,18H2,(H,30,31). The topological polar surface area (TPSA) is 75.2 Å². The average molecular weight is 427 g/mol. The first-order chi connectivity index (χ1) is 15.7. The van der Waals surface area contributed by atoms with E-state index in [1.54, 1.807) is 6.20 Å². The fraction of sp³-hybridized carbons (Fsp3) is 0.259. The van der Waals surface area contributed by atoms with Gasteiger partial charge in [0.15, 0.2) is 0 Å². The third kappa shape index (κ3) is 3.54. The number of ether oxygens (including phenoxy) is 1. The van der Waals surface area contributed by atoms with Crippen LogP contribution < -0.4 is 4.74 Å². The van der Waals surface area contributed by atoms with E-state index in [1.165, 1.54) is 0 Å². The maximum atomic E-state index is 12.8. The highest BCUT2D eigenvalue weighted by molar-refractivity contribution is 5.86. The van der Waals surface area contributed by atoms with E-state index >= 15 is 0 Å². The van der Waals surface area contributed by atoms with Gasteiger partial charge in [0.25, 0.3) is 0 Å². The van der Waals surface area contributed by atoms with E-state index in [9.17, 15) is 9.90 Å². The molecule has 2 heterocycles. The van der Waals surface area contributed by atoms with Gasteiger partial charge in [-0.15, -0.1) is 0 Å².